The van der Waals surface area contributed by atoms with Crippen LogP contribution in [0.25, 0.3) is 4.96 Å². The van der Waals surface area contributed by atoms with E-state index in [1.54, 1.807) is 4.90 Å². The van der Waals surface area contributed by atoms with Crippen LogP contribution >= 0.6 is 11.3 Å². The number of amides is 1. The molecular formula is C20H21N3O4S. The third-order valence-corrected chi connectivity index (χ3v) is 6.25. The summed E-state index contributed by atoms with van der Waals surface area (Å²) in [6.45, 7) is 0.317. The molecule has 2 aromatic heterocycles. The molecule has 0 spiro atoms. The van der Waals surface area contributed by atoms with Crippen LogP contribution in [-0.2, 0) is 22.4 Å². The summed E-state index contributed by atoms with van der Waals surface area (Å²) in [5.74, 6) is -1.17. The fourth-order valence-corrected chi connectivity index (χ4v) is 4.54. The fraction of sp³-hybridized carbons (Fsp3) is 0.350. The summed E-state index contributed by atoms with van der Waals surface area (Å²) in [6, 6.07) is 9.30. The van der Waals surface area contributed by atoms with Crippen LogP contribution in [-0.4, -0.2) is 55.6 Å². The van der Waals surface area contributed by atoms with E-state index in [1.807, 2.05) is 52.5 Å². The molecule has 1 aliphatic rings. The molecule has 2 N–H and O–H groups in total. The first-order valence-electron chi connectivity index (χ1n) is 9.12. The van der Waals surface area contributed by atoms with Gasteiger partial charge in [0, 0.05) is 30.9 Å². The van der Waals surface area contributed by atoms with Gasteiger partial charge in [-0.2, -0.15) is 0 Å². The van der Waals surface area contributed by atoms with Crippen LogP contribution in [0.1, 0.15) is 17.7 Å². The monoisotopic (exact) mass is 399 g/mol. The normalized spacial score (nSPS) is 22.5. The molecule has 28 heavy (non-hydrogen) atoms. The molecule has 0 bridgehead atoms. The van der Waals surface area contributed by atoms with E-state index in [0.717, 1.165) is 10.5 Å². The molecule has 1 aromatic carbocycles. The molecule has 146 valence electrons. The van der Waals surface area contributed by atoms with Crippen LogP contribution in [0.15, 0.2) is 48.1 Å². The lowest BCUT2D eigenvalue weighted by Gasteiger charge is -2.42. The first kappa shape index (κ1) is 18.6. The Kier molecular flexibility index (Phi) is 4.91. The van der Waals surface area contributed by atoms with Crippen molar-refractivity contribution in [1.82, 2.24) is 14.3 Å². The largest absolute Gasteiger partial charge is 0.481 e. The maximum atomic E-state index is 12.7. The van der Waals surface area contributed by atoms with Crippen molar-refractivity contribution in [3.05, 3.63) is 59.4 Å². The highest BCUT2D eigenvalue weighted by Crippen LogP contribution is 2.36. The molecule has 0 unspecified atom stereocenters. The number of hydrogen-bond acceptors (Lipinski definition) is 5. The number of fused-ring (bicyclic) bond motifs is 1. The van der Waals surface area contributed by atoms with Crippen LogP contribution in [0.4, 0.5) is 0 Å². The molecule has 0 radical (unpaired) electrons. The summed E-state index contributed by atoms with van der Waals surface area (Å²) in [6.07, 6.45) is 3.16. The second-order valence-electron chi connectivity index (χ2n) is 7.23. The van der Waals surface area contributed by atoms with Gasteiger partial charge in [0.05, 0.1) is 18.2 Å². The zero-order chi connectivity index (χ0) is 19.7. The SMILES string of the molecule is O=C(Cc1cn2ccsc2n1)N1CC[C@](Cc2ccccc2)(C(=O)O)[C@H](O)C1. The lowest BCUT2D eigenvalue weighted by Crippen LogP contribution is -2.57. The van der Waals surface area contributed by atoms with E-state index in [9.17, 15) is 19.8 Å². The Bertz CT molecular complexity index is 971. The van der Waals surface area contributed by atoms with Crippen LogP contribution in [0.5, 0.6) is 0 Å². The Hall–Kier alpha value is -2.71. The molecule has 4 rings (SSSR count). The Labute approximate surface area is 165 Å². The molecule has 7 nitrogen and oxygen atoms in total. The van der Waals surface area contributed by atoms with E-state index in [4.69, 9.17) is 0 Å². The van der Waals surface area contributed by atoms with Gasteiger partial charge >= 0.3 is 5.97 Å². The first-order chi connectivity index (χ1) is 13.5. The number of carboxylic acid groups (broad SMARTS) is 1. The van der Waals surface area contributed by atoms with Gasteiger partial charge < -0.3 is 15.1 Å². The minimum atomic E-state index is -1.28. The van der Waals surface area contributed by atoms with Gasteiger partial charge in [0.1, 0.15) is 5.41 Å². The predicted octanol–water partition coefficient (Wildman–Crippen LogP) is 1.85. The topological polar surface area (TPSA) is 95.1 Å². The third kappa shape index (κ3) is 3.41. The van der Waals surface area contributed by atoms with Gasteiger partial charge in [-0.3, -0.25) is 14.0 Å². The molecule has 1 fully saturated rings. The standard InChI is InChI=1S/C20H21N3O4S/c24-16-13-22(17(25)10-15-12-23-8-9-28-19(23)21-15)7-6-20(16,18(26)27)11-14-4-2-1-3-5-14/h1-5,8-9,12,16,24H,6-7,10-11,13H2,(H,26,27)/t16-,20-/m1/s1. The summed E-state index contributed by atoms with van der Waals surface area (Å²) < 4.78 is 1.87. The molecule has 1 aliphatic heterocycles. The molecule has 0 saturated carbocycles. The molecule has 1 amide bonds. The van der Waals surface area contributed by atoms with Crippen molar-refractivity contribution in [3.63, 3.8) is 0 Å². The van der Waals surface area contributed by atoms with Gasteiger partial charge in [-0.15, -0.1) is 11.3 Å². The first-order valence-corrected chi connectivity index (χ1v) is 10.0. The van der Waals surface area contributed by atoms with Gasteiger partial charge in [0.15, 0.2) is 4.96 Å². The van der Waals surface area contributed by atoms with Crippen LogP contribution < -0.4 is 0 Å². The van der Waals surface area contributed by atoms with Crippen molar-refractivity contribution in [2.24, 2.45) is 5.41 Å². The summed E-state index contributed by atoms with van der Waals surface area (Å²) in [5.41, 5.74) is 0.252. The minimum Gasteiger partial charge on any atom is -0.481 e. The summed E-state index contributed by atoms with van der Waals surface area (Å²) >= 11 is 1.50. The lowest BCUT2D eigenvalue weighted by atomic mass is 9.71. The molecule has 3 heterocycles. The van der Waals surface area contributed by atoms with E-state index in [2.05, 4.69) is 4.98 Å². The van der Waals surface area contributed by atoms with E-state index in [1.165, 1.54) is 11.3 Å². The van der Waals surface area contributed by atoms with E-state index >= 15 is 0 Å². The second kappa shape index (κ2) is 7.37. The molecule has 0 aliphatic carbocycles. The van der Waals surface area contributed by atoms with Gasteiger partial charge in [0.2, 0.25) is 5.91 Å². The Morgan fingerprint density at radius 2 is 2.07 bits per heavy atom. The minimum absolute atomic E-state index is 0.0141. The number of carboxylic acids is 1. The predicted molar refractivity (Wildman–Crippen MR) is 104 cm³/mol. The van der Waals surface area contributed by atoms with Gasteiger partial charge in [-0.05, 0) is 18.4 Å². The highest BCUT2D eigenvalue weighted by molar-refractivity contribution is 7.15. The van der Waals surface area contributed by atoms with E-state index in [-0.39, 0.29) is 31.7 Å². The van der Waals surface area contributed by atoms with Crippen LogP contribution in [0, 0.1) is 5.41 Å². The van der Waals surface area contributed by atoms with Crippen molar-refractivity contribution in [3.8, 4) is 0 Å². The number of aliphatic carboxylic acids is 1. The van der Waals surface area contributed by atoms with Gasteiger partial charge in [-0.1, -0.05) is 30.3 Å². The fourth-order valence-electron chi connectivity index (χ4n) is 3.82. The van der Waals surface area contributed by atoms with Crippen molar-refractivity contribution >= 4 is 28.2 Å². The summed E-state index contributed by atoms with van der Waals surface area (Å²) in [7, 11) is 0. The molecule has 3 aromatic rings. The van der Waals surface area contributed by atoms with Crippen LogP contribution in [0.3, 0.4) is 0 Å². The smallest absolute Gasteiger partial charge is 0.312 e. The zero-order valence-electron chi connectivity index (χ0n) is 15.2. The van der Waals surface area contributed by atoms with Crippen molar-refractivity contribution in [2.45, 2.75) is 25.4 Å². The number of benzene rings is 1. The number of aromatic nitrogens is 2. The average molecular weight is 399 g/mol. The van der Waals surface area contributed by atoms with Crippen molar-refractivity contribution in [2.75, 3.05) is 13.1 Å². The Morgan fingerprint density at radius 1 is 1.29 bits per heavy atom. The maximum Gasteiger partial charge on any atom is 0.312 e. The molecule has 8 heteroatoms. The Balaban J connectivity index is 1.46. The average Bonchev–Trinajstić information content (AvgIpc) is 3.25. The number of rotatable bonds is 5. The third-order valence-electron chi connectivity index (χ3n) is 5.48. The maximum absolute atomic E-state index is 12.7. The number of imidazole rings is 1. The lowest BCUT2D eigenvalue weighted by molar-refractivity contribution is -0.165. The summed E-state index contributed by atoms with van der Waals surface area (Å²) in [5, 5.41) is 22.5. The number of β-amino-alcohol motifs (C(OH)–C–C–N with tert-alkyl or cyclic N) is 1. The van der Waals surface area contributed by atoms with E-state index in [0.29, 0.717) is 12.2 Å². The number of likely N-dealkylation sites (tertiary alicyclic amines) is 1. The Morgan fingerprint density at radius 3 is 2.75 bits per heavy atom. The summed E-state index contributed by atoms with van der Waals surface area (Å²) in [4.78, 5) is 31.5. The zero-order valence-corrected chi connectivity index (χ0v) is 16.0. The highest BCUT2D eigenvalue weighted by atomic mass is 32.1. The number of piperidine rings is 1. The van der Waals surface area contributed by atoms with Gasteiger partial charge in [0.25, 0.3) is 0 Å². The molecular weight excluding hydrogens is 378 g/mol. The van der Waals surface area contributed by atoms with E-state index < -0.39 is 17.5 Å². The van der Waals surface area contributed by atoms with Crippen molar-refractivity contribution in [1.29, 1.82) is 0 Å². The number of hydrogen-bond donors (Lipinski definition) is 2. The van der Waals surface area contributed by atoms with Gasteiger partial charge in [-0.25, -0.2) is 4.98 Å². The number of aliphatic hydroxyl groups excluding tert-OH is 1. The number of carbonyl (C=O) groups is 2. The number of carbonyl (C=O) groups excluding carboxylic acids is 1. The highest BCUT2D eigenvalue weighted by Gasteiger charge is 2.49. The van der Waals surface area contributed by atoms with Crippen molar-refractivity contribution < 1.29 is 19.8 Å². The second-order valence-corrected chi connectivity index (χ2v) is 8.10. The molecule has 1 saturated heterocycles. The number of thiazole rings is 1. The number of nitrogens with zero attached hydrogens (tertiary/aromatic N) is 3. The number of aliphatic hydroxyl groups is 1. The molecule has 2 atom stereocenters. The quantitative estimate of drug-likeness (QED) is 0.683. The van der Waals surface area contributed by atoms with Crippen LogP contribution in [0.2, 0.25) is 0 Å².